The molecule has 0 aliphatic carbocycles. The second kappa shape index (κ2) is 7.01. The molecule has 100 valence electrons. The molecule has 1 rings (SSSR count). The highest BCUT2D eigenvalue weighted by Crippen LogP contribution is 2.13. The molecule has 0 saturated carbocycles. The lowest BCUT2D eigenvalue weighted by molar-refractivity contribution is -0.139. The fraction of sp³-hybridized carbons (Fsp3) is 0.308. The van der Waals surface area contributed by atoms with E-state index in [1.807, 2.05) is 13.0 Å². The van der Waals surface area contributed by atoms with Crippen LogP contribution in [0.1, 0.15) is 25.3 Å². The number of nitrogens with zero attached hydrogens (tertiary/aromatic N) is 1. The Kier molecular flexibility index (Phi) is 5.35. The van der Waals surface area contributed by atoms with Gasteiger partial charge in [0.25, 0.3) is 0 Å². The van der Waals surface area contributed by atoms with Crippen molar-refractivity contribution < 1.29 is 14.7 Å². The Morgan fingerprint density at radius 1 is 1.42 bits per heavy atom. The molecule has 1 atom stereocenters. The van der Waals surface area contributed by atoms with E-state index in [-0.39, 0.29) is 0 Å². The molecule has 0 aliphatic rings. The van der Waals surface area contributed by atoms with Gasteiger partial charge in [-0.15, -0.1) is 0 Å². The first-order valence-electron chi connectivity index (χ1n) is 5.88. The van der Waals surface area contributed by atoms with Gasteiger partial charge < -0.3 is 15.7 Å². The van der Waals surface area contributed by atoms with Gasteiger partial charge in [0.05, 0.1) is 11.3 Å². The van der Waals surface area contributed by atoms with E-state index in [1.165, 1.54) is 0 Å². The van der Waals surface area contributed by atoms with Crippen LogP contribution in [0, 0.1) is 11.3 Å². The van der Waals surface area contributed by atoms with Gasteiger partial charge in [0.2, 0.25) is 0 Å². The Balaban J connectivity index is 2.69. The average molecular weight is 261 g/mol. The number of carbonyl (C=O) groups excluding carboxylic acids is 1. The first-order chi connectivity index (χ1) is 9.08. The number of carboxylic acid groups (broad SMARTS) is 1. The summed E-state index contributed by atoms with van der Waals surface area (Å²) in [5, 5.41) is 22.6. The summed E-state index contributed by atoms with van der Waals surface area (Å²) in [6.45, 7) is 1.83. The number of urea groups is 1. The van der Waals surface area contributed by atoms with Crippen LogP contribution in [-0.4, -0.2) is 23.1 Å². The van der Waals surface area contributed by atoms with Crippen LogP contribution in [0.25, 0.3) is 0 Å². The Morgan fingerprint density at radius 2 is 2.11 bits per heavy atom. The number of anilines is 1. The zero-order valence-corrected chi connectivity index (χ0v) is 10.5. The minimum atomic E-state index is -1.08. The Labute approximate surface area is 111 Å². The lowest BCUT2D eigenvalue weighted by Gasteiger charge is -2.14. The van der Waals surface area contributed by atoms with E-state index in [4.69, 9.17) is 10.4 Å². The van der Waals surface area contributed by atoms with Gasteiger partial charge in [-0.3, -0.25) is 0 Å². The molecule has 0 aromatic heterocycles. The summed E-state index contributed by atoms with van der Waals surface area (Å²) in [6.07, 6.45) is 0.995. The van der Waals surface area contributed by atoms with Crippen molar-refractivity contribution in [2.75, 3.05) is 5.32 Å². The van der Waals surface area contributed by atoms with E-state index >= 15 is 0 Å². The van der Waals surface area contributed by atoms with Gasteiger partial charge >= 0.3 is 12.0 Å². The van der Waals surface area contributed by atoms with Crippen LogP contribution in [0.4, 0.5) is 10.5 Å². The van der Waals surface area contributed by atoms with E-state index in [0.717, 1.165) is 0 Å². The summed E-state index contributed by atoms with van der Waals surface area (Å²) in [5.41, 5.74) is 0.670. The topological polar surface area (TPSA) is 102 Å². The lowest BCUT2D eigenvalue weighted by Crippen LogP contribution is -2.42. The zero-order valence-electron chi connectivity index (χ0n) is 10.5. The highest BCUT2D eigenvalue weighted by molar-refractivity contribution is 5.93. The van der Waals surface area contributed by atoms with Crippen LogP contribution in [0.15, 0.2) is 24.3 Å². The maximum Gasteiger partial charge on any atom is 0.326 e. The third kappa shape index (κ3) is 4.32. The molecule has 0 aliphatic heterocycles. The number of carbonyl (C=O) groups is 2. The fourth-order valence-corrected chi connectivity index (χ4v) is 1.55. The van der Waals surface area contributed by atoms with Crippen molar-refractivity contribution in [1.29, 1.82) is 5.26 Å². The Hall–Kier alpha value is -2.55. The lowest BCUT2D eigenvalue weighted by atomic mass is 10.2. The van der Waals surface area contributed by atoms with Gasteiger partial charge in [0, 0.05) is 0 Å². The van der Waals surface area contributed by atoms with E-state index in [9.17, 15) is 9.59 Å². The quantitative estimate of drug-likeness (QED) is 0.753. The maximum atomic E-state index is 11.7. The number of nitriles is 1. The number of para-hydroxylation sites is 1. The van der Waals surface area contributed by atoms with Crippen molar-refractivity contribution in [3.8, 4) is 6.07 Å². The first-order valence-corrected chi connectivity index (χ1v) is 5.88. The molecule has 0 spiro atoms. The summed E-state index contributed by atoms with van der Waals surface area (Å²) in [6, 6.07) is 6.88. The van der Waals surface area contributed by atoms with Crippen LogP contribution >= 0.6 is 0 Å². The largest absolute Gasteiger partial charge is 0.480 e. The second-order valence-corrected chi connectivity index (χ2v) is 3.94. The van der Waals surface area contributed by atoms with Gasteiger partial charge in [-0.05, 0) is 18.6 Å². The van der Waals surface area contributed by atoms with Crippen LogP contribution in [0.3, 0.4) is 0 Å². The molecule has 0 unspecified atom stereocenters. The number of carboxylic acids is 1. The minimum Gasteiger partial charge on any atom is -0.480 e. The van der Waals surface area contributed by atoms with Crippen LogP contribution in [0.5, 0.6) is 0 Å². The van der Waals surface area contributed by atoms with Gasteiger partial charge in [-0.25, -0.2) is 9.59 Å². The predicted molar refractivity (Wildman–Crippen MR) is 69.6 cm³/mol. The molecule has 3 N–H and O–H groups in total. The van der Waals surface area contributed by atoms with Crippen molar-refractivity contribution >= 4 is 17.7 Å². The molecular formula is C13H15N3O3. The smallest absolute Gasteiger partial charge is 0.326 e. The highest BCUT2D eigenvalue weighted by atomic mass is 16.4. The molecule has 0 fully saturated rings. The number of benzene rings is 1. The number of nitrogens with one attached hydrogen (secondary N) is 2. The summed E-state index contributed by atoms with van der Waals surface area (Å²) in [7, 11) is 0. The fourth-order valence-electron chi connectivity index (χ4n) is 1.55. The van der Waals surface area contributed by atoms with E-state index < -0.39 is 18.0 Å². The molecule has 0 heterocycles. The number of aliphatic carboxylic acids is 1. The SMILES string of the molecule is CCC[C@@H](NC(=O)Nc1ccccc1C#N)C(=O)O. The molecule has 0 bridgehead atoms. The molecule has 19 heavy (non-hydrogen) atoms. The van der Waals surface area contributed by atoms with Crippen LogP contribution in [0.2, 0.25) is 0 Å². The molecule has 0 radical (unpaired) electrons. The van der Waals surface area contributed by atoms with E-state index in [2.05, 4.69) is 10.6 Å². The third-order valence-electron chi connectivity index (χ3n) is 2.48. The first kappa shape index (κ1) is 14.5. The Bertz CT molecular complexity index is 508. The Morgan fingerprint density at radius 3 is 2.68 bits per heavy atom. The van der Waals surface area contributed by atoms with Crippen molar-refractivity contribution in [2.24, 2.45) is 0 Å². The summed E-state index contributed by atoms with van der Waals surface area (Å²) in [5.74, 6) is -1.08. The monoisotopic (exact) mass is 261 g/mol. The molecular weight excluding hydrogens is 246 g/mol. The molecule has 6 nitrogen and oxygen atoms in total. The van der Waals surface area contributed by atoms with Gasteiger partial charge in [-0.1, -0.05) is 25.5 Å². The zero-order chi connectivity index (χ0) is 14.3. The van der Waals surface area contributed by atoms with Crippen molar-refractivity contribution in [1.82, 2.24) is 5.32 Å². The minimum absolute atomic E-state index is 0.319. The van der Waals surface area contributed by atoms with Crippen LogP contribution < -0.4 is 10.6 Å². The average Bonchev–Trinajstić information content (AvgIpc) is 2.38. The van der Waals surface area contributed by atoms with Gasteiger partial charge in [0.1, 0.15) is 12.1 Å². The molecule has 1 aromatic rings. The highest BCUT2D eigenvalue weighted by Gasteiger charge is 2.19. The summed E-state index contributed by atoms with van der Waals surface area (Å²) in [4.78, 5) is 22.6. The van der Waals surface area contributed by atoms with Crippen molar-refractivity contribution in [3.63, 3.8) is 0 Å². The number of amides is 2. The summed E-state index contributed by atoms with van der Waals surface area (Å²) >= 11 is 0. The van der Waals surface area contributed by atoms with Crippen LogP contribution in [-0.2, 0) is 4.79 Å². The molecule has 6 heteroatoms. The second-order valence-electron chi connectivity index (χ2n) is 3.94. The van der Waals surface area contributed by atoms with E-state index in [0.29, 0.717) is 24.1 Å². The predicted octanol–water partition coefficient (Wildman–Crippen LogP) is 1.93. The number of hydrogen-bond donors (Lipinski definition) is 3. The third-order valence-corrected chi connectivity index (χ3v) is 2.48. The van der Waals surface area contributed by atoms with Gasteiger partial charge in [-0.2, -0.15) is 5.26 Å². The standard InChI is InChI=1S/C13H15N3O3/c1-2-5-11(12(17)18)16-13(19)15-10-7-4-3-6-9(10)8-14/h3-4,6-7,11H,2,5H2,1H3,(H,17,18)(H2,15,16,19)/t11-/m1/s1. The maximum absolute atomic E-state index is 11.7. The molecule has 0 saturated heterocycles. The normalized spacial score (nSPS) is 11.2. The molecule has 1 aromatic carbocycles. The van der Waals surface area contributed by atoms with E-state index in [1.54, 1.807) is 24.3 Å². The molecule has 2 amide bonds. The number of rotatable bonds is 5. The van der Waals surface area contributed by atoms with Crippen molar-refractivity contribution in [2.45, 2.75) is 25.8 Å². The summed E-state index contributed by atoms with van der Waals surface area (Å²) < 4.78 is 0. The number of hydrogen-bond acceptors (Lipinski definition) is 3. The van der Waals surface area contributed by atoms with Crippen molar-refractivity contribution in [3.05, 3.63) is 29.8 Å². The van der Waals surface area contributed by atoms with Gasteiger partial charge in [0.15, 0.2) is 0 Å².